The summed E-state index contributed by atoms with van der Waals surface area (Å²) in [4.78, 5) is 25.0. The summed E-state index contributed by atoms with van der Waals surface area (Å²) in [6.45, 7) is 8.92. The molecule has 8 heteroatoms. The molecule has 1 atom stereocenters. The molecule has 0 bridgehead atoms. The molecule has 0 fully saturated rings. The minimum atomic E-state index is -3.55. The molecule has 0 unspecified atom stereocenters. The third kappa shape index (κ3) is 9.18. The van der Waals surface area contributed by atoms with E-state index in [1.807, 2.05) is 30.3 Å². The van der Waals surface area contributed by atoms with Crippen molar-refractivity contribution in [3.8, 4) is 0 Å². The maximum atomic E-state index is 12.5. The summed E-state index contributed by atoms with van der Waals surface area (Å²) in [6, 6.07) is 8.37. The largest absolute Gasteiger partial charge is 0.458 e. The van der Waals surface area contributed by atoms with Crippen LogP contribution in [0.5, 0.6) is 0 Å². The standard InChI is InChI=1S/C19H30NO6P/c1-6-24-27(23,25-7-2)14-17(21)20-16(18(22)26-19(3,4)5)13-15-11-9-8-10-12-15/h8-12,16H,6-7,13-14H2,1-5H3,(H,20,21)/t16-/m0/s1. The Kier molecular flexibility index (Phi) is 9.16. The maximum absolute atomic E-state index is 12.5. The topological polar surface area (TPSA) is 90.9 Å². The van der Waals surface area contributed by atoms with E-state index in [4.69, 9.17) is 13.8 Å². The number of carbonyl (C=O) groups excluding carboxylic acids is 2. The predicted molar refractivity (Wildman–Crippen MR) is 104 cm³/mol. The molecule has 0 radical (unpaired) electrons. The Hall–Kier alpha value is -1.69. The zero-order chi connectivity index (χ0) is 20.5. The molecule has 0 saturated heterocycles. The van der Waals surface area contributed by atoms with Gasteiger partial charge in [0, 0.05) is 6.42 Å². The first-order valence-electron chi connectivity index (χ1n) is 9.03. The van der Waals surface area contributed by atoms with E-state index in [0.29, 0.717) is 0 Å². The summed E-state index contributed by atoms with van der Waals surface area (Å²) in [5, 5.41) is 2.61. The molecule has 1 N–H and O–H groups in total. The highest BCUT2D eigenvalue weighted by atomic mass is 31.2. The fourth-order valence-electron chi connectivity index (χ4n) is 2.35. The highest BCUT2D eigenvalue weighted by molar-refractivity contribution is 7.54. The van der Waals surface area contributed by atoms with Gasteiger partial charge in [0.2, 0.25) is 5.91 Å². The monoisotopic (exact) mass is 399 g/mol. The van der Waals surface area contributed by atoms with Crippen molar-refractivity contribution in [1.82, 2.24) is 5.32 Å². The number of rotatable bonds is 10. The number of hydrogen-bond donors (Lipinski definition) is 1. The zero-order valence-electron chi connectivity index (χ0n) is 16.7. The molecule has 1 amide bonds. The minimum Gasteiger partial charge on any atom is -0.458 e. The number of hydrogen-bond acceptors (Lipinski definition) is 6. The molecular weight excluding hydrogens is 369 g/mol. The Morgan fingerprint density at radius 3 is 2.11 bits per heavy atom. The van der Waals surface area contributed by atoms with Crippen LogP contribution in [0.4, 0.5) is 0 Å². The van der Waals surface area contributed by atoms with Gasteiger partial charge in [-0.1, -0.05) is 30.3 Å². The van der Waals surface area contributed by atoms with Crippen LogP contribution < -0.4 is 5.32 Å². The van der Waals surface area contributed by atoms with Crippen LogP contribution in [0.15, 0.2) is 30.3 Å². The number of ether oxygens (including phenoxy) is 1. The lowest BCUT2D eigenvalue weighted by molar-refractivity contribution is -0.158. The number of amides is 1. The Bertz CT molecular complexity index is 646. The van der Waals surface area contributed by atoms with Crippen LogP contribution in [0.25, 0.3) is 0 Å². The Balaban J connectivity index is 2.90. The highest BCUT2D eigenvalue weighted by Gasteiger charge is 2.32. The van der Waals surface area contributed by atoms with Gasteiger partial charge in [-0.05, 0) is 40.2 Å². The van der Waals surface area contributed by atoms with Crippen molar-refractivity contribution in [2.75, 3.05) is 19.4 Å². The van der Waals surface area contributed by atoms with Crippen LogP contribution in [-0.4, -0.2) is 42.9 Å². The van der Waals surface area contributed by atoms with Gasteiger partial charge in [0.15, 0.2) is 0 Å². The molecule has 0 saturated carbocycles. The van der Waals surface area contributed by atoms with Crippen LogP contribution >= 0.6 is 7.60 Å². The van der Waals surface area contributed by atoms with Crippen molar-refractivity contribution in [3.63, 3.8) is 0 Å². The Morgan fingerprint density at radius 2 is 1.63 bits per heavy atom. The fraction of sp³-hybridized carbons (Fsp3) is 0.579. The minimum absolute atomic E-state index is 0.157. The molecule has 7 nitrogen and oxygen atoms in total. The van der Waals surface area contributed by atoms with Gasteiger partial charge in [-0.3, -0.25) is 9.36 Å². The van der Waals surface area contributed by atoms with Crippen molar-refractivity contribution in [1.29, 1.82) is 0 Å². The summed E-state index contributed by atoms with van der Waals surface area (Å²) < 4.78 is 28.2. The number of benzene rings is 1. The van der Waals surface area contributed by atoms with Gasteiger partial charge in [-0.2, -0.15) is 0 Å². The van der Waals surface area contributed by atoms with Crippen LogP contribution in [0.3, 0.4) is 0 Å². The molecule has 0 spiro atoms. The SMILES string of the molecule is CCOP(=O)(CC(=O)N[C@@H](Cc1ccccc1)C(=O)OC(C)(C)C)OCC. The second kappa shape index (κ2) is 10.6. The molecular formula is C19H30NO6P. The highest BCUT2D eigenvalue weighted by Crippen LogP contribution is 2.47. The van der Waals surface area contributed by atoms with Crippen LogP contribution in [0.1, 0.15) is 40.2 Å². The van der Waals surface area contributed by atoms with Gasteiger partial charge < -0.3 is 19.1 Å². The van der Waals surface area contributed by atoms with Gasteiger partial charge in [-0.15, -0.1) is 0 Å². The number of nitrogens with one attached hydrogen (secondary N) is 1. The molecule has 0 aliphatic rings. The zero-order valence-corrected chi connectivity index (χ0v) is 17.6. The lowest BCUT2D eigenvalue weighted by Crippen LogP contribution is -2.46. The summed E-state index contributed by atoms with van der Waals surface area (Å²) >= 11 is 0. The smallest absolute Gasteiger partial charge is 0.340 e. The first kappa shape index (κ1) is 23.3. The molecule has 27 heavy (non-hydrogen) atoms. The molecule has 152 valence electrons. The van der Waals surface area contributed by atoms with E-state index in [9.17, 15) is 14.2 Å². The normalized spacial score (nSPS) is 13.1. The van der Waals surface area contributed by atoms with Crippen LogP contribution in [0, 0.1) is 0 Å². The van der Waals surface area contributed by atoms with Crippen molar-refractivity contribution in [3.05, 3.63) is 35.9 Å². The molecule has 1 aromatic rings. The van der Waals surface area contributed by atoms with Crippen LogP contribution in [-0.2, 0) is 34.4 Å². The molecule has 1 aromatic carbocycles. The van der Waals surface area contributed by atoms with Gasteiger partial charge >= 0.3 is 13.6 Å². The van der Waals surface area contributed by atoms with Crippen LogP contribution in [0.2, 0.25) is 0 Å². The predicted octanol–water partition coefficient (Wildman–Crippen LogP) is 3.32. The van der Waals surface area contributed by atoms with E-state index in [0.717, 1.165) is 5.56 Å². The number of carbonyl (C=O) groups is 2. The number of esters is 1. The van der Waals surface area contributed by atoms with Crippen molar-refractivity contribution in [2.45, 2.75) is 52.7 Å². The molecule has 0 aromatic heterocycles. The molecule has 1 rings (SSSR count). The molecule has 0 heterocycles. The third-order valence-corrected chi connectivity index (χ3v) is 5.28. The lowest BCUT2D eigenvalue weighted by Gasteiger charge is -2.25. The Morgan fingerprint density at radius 1 is 1.07 bits per heavy atom. The van der Waals surface area contributed by atoms with E-state index in [1.165, 1.54) is 0 Å². The third-order valence-electron chi connectivity index (χ3n) is 3.30. The van der Waals surface area contributed by atoms with Gasteiger partial charge in [0.1, 0.15) is 17.8 Å². The van der Waals surface area contributed by atoms with E-state index in [-0.39, 0.29) is 19.6 Å². The fourth-order valence-corrected chi connectivity index (χ4v) is 3.84. The maximum Gasteiger partial charge on any atom is 0.340 e. The quantitative estimate of drug-likeness (QED) is 0.479. The van der Waals surface area contributed by atoms with Gasteiger partial charge in [0.05, 0.1) is 13.2 Å². The average Bonchev–Trinajstić information content (AvgIpc) is 2.53. The summed E-state index contributed by atoms with van der Waals surface area (Å²) in [6.07, 6.45) is -0.197. The Labute approximate surface area is 161 Å². The van der Waals surface area contributed by atoms with Crippen molar-refractivity contribution >= 4 is 19.5 Å². The van der Waals surface area contributed by atoms with Crippen molar-refractivity contribution in [2.24, 2.45) is 0 Å². The first-order chi connectivity index (χ1) is 12.6. The van der Waals surface area contributed by atoms with E-state index >= 15 is 0 Å². The van der Waals surface area contributed by atoms with E-state index < -0.39 is 37.3 Å². The molecule has 0 aliphatic heterocycles. The first-order valence-corrected chi connectivity index (χ1v) is 10.8. The lowest BCUT2D eigenvalue weighted by atomic mass is 10.1. The van der Waals surface area contributed by atoms with Gasteiger partial charge in [0.25, 0.3) is 0 Å². The second-order valence-corrected chi connectivity index (χ2v) is 9.00. The van der Waals surface area contributed by atoms with E-state index in [2.05, 4.69) is 5.32 Å². The average molecular weight is 399 g/mol. The summed E-state index contributed by atoms with van der Waals surface area (Å²) in [5.74, 6) is -1.14. The van der Waals surface area contributed by atoms with E-state index in [1.54, 1.807) is 34.6 Å². The summed E-state index contributed by atoms with van der Waals surface area (Å²) in [5.41, 5.74) is 0.175. The van der Waals surface area contributed by atoms with Crippen molar-refractivity contribution < 1.29 is 27.9 Å². The second-order valence-electron chi connectivity index (χ2n) is 6.95. The summed E-state index contributed by atoms with van der Waals surface area (Å²) in [7, 11) is -3.55. The van der Waals surface area contributed by atoms with Gasteiger partial charge in [-0.25, -0.2) is 4.79 Å². The molecule has 0 aliphatic carbocycles.